The molecule has 0 amide bonds. The van der Waals surface area contributed by atoms with E-state index in [0.717, 1.165) is 22.9 Å². The molecule has 0 aromatic heterocycles. The Hall–Kier alpha value is -1.72. The topological polar surface area (TPSA) is 30.8 Å². The molecule has 1 heterocycles. The Morgan fingerprint density at radius 2 is 2.08 bits per heavy atom. The normalized spacial score (nSPS) is 13.7. The Bertz CT molecular complexity index is 767. The number of ether oxygens (including phenoxy) is 2. The number of nitrogens with zero attached hydrogens (tertiary/aromatic N) is 1. The minimum atomic E-state index is -0.306. The first-order valence-corrected chi connectivity index (χ1v) is 9.05. The second-order valence-corrected chi connectivity index (χ2v) is 6.62. The summed E-state index contributed by atoms with van der Waals surface area (Å²) < 4.78 is 25.2. The standard InChI is InChI=1S/C18H17ClFNO2S/c1-2-22-16-10-13(18-21-7-8-24-18)9-14(19)17(16)23-11-12-5-3-4-6-15(12)20/h3-6,9-10H,2,7-8,11H2,1H3. The Morgan fingerprint density at radius 3 is 2.79 bits per heavy atom. The molecule has 0 atom stereocenters. The van der Waals surface area contributed by atoms with Gasteiger partial charge in [-0.05, 0) is 25.1 Å². The van der Waals surface area contributed by atoms with E-state index in [4.69, 9.17) is 21.1 Å². The van der Waals surface area contributed by atoms with Crippen molar-refractivity contribution < 1.29 is 13.9 Å². The van der Waals surface area contributed by atoms with E-state index in [-0.39, 0.29) is 12.4 Å². The molecule has 0 radical (unpaired) electrons. The van der Waals surface area contributed by atoms with E-state index >= 15 is 0 Å². The highest BCUT2D eigenvalue weighted by Gasteiger charge is 2.18. The van der Waals surface area contributed by atoms with E-state index in [9.17, 15) is 4.39 Å². The van der Waals surface area contributed by atoms with Crippen LogP contribution >= 0.6 is 23.4 Å². The van der Waals surface area contributed by atoms with Crippen molar-refractivity contribution in [3.63, 3.8) is 0 Å². The third-order valence-corrected chi connectivity index (χ3v) is 4.78. The van der Waals surface area contributed by atoms with Crippen molar-refractivity contribution in [3.05, 3.63) is 58.4 Å². The molecule has 0 saturated heterocycles. The molecular formula is C18H17ClFNO2S. The van der Waals surface area contributed by atoms with Crippen LogP contribution in [0, 0.1) is 5.82 Å². The molecule has 0 unspecified atom stereocenters. The largest absolute Gasteiger partial charge is 0.490 e. The molecule has 0 N–H and O–H groups in total. The molecule has 3 nitrogen and oxygen atoms in total. The molecule has 6 heteroatoms. The summed E-state index contributed by atoms with van der Waals surface area (Å²) in [5, 5.41) is 1.39. The summed E-state index contributed by atoms with van der Waals surface area (Å²) in [6.45, 7) is 3.27. The fraction of sp³-hybridized carbons (Fsp3) is 0.278. The van der Waals surface area contributed by atoms with Crippen molar-refractivity contribution >= 4 is 28.4 Å². The average molecular weight is 366 g/mol. The number of rotatable bonds is 6. The maximum absolute atomic E-state index is 13.7. The maximum Gasteiger partial charge on any atom is 0.180 e. The van der Waals surface area contributed by atoms with Gasteiger partial charge in [-0.3, -0.25) is 4.99 Å². The van der Waals surface area contributed by atoms with E-state index in [2.05, 4.69) is 4.99 Å². The van der Waals surface area contributed by atoms with E-state index in [1.54, 1.807) is 30.0 Å². The van der Waals surface area contributed by atoms with Crippen LogP contribution in [0.4, 0.5) is 4.39 Å². The average Bonchev–Trinajstić information content (AvgIpc) is 3.10. The minimum absolute atomic E-state index is 0.0848. The summed E-state index contributed by atoms with van der Waals surface area (Å²) in [7, 11) is 0. The van der Waals surface area contributed by atoms with Crippen LogP contribution in [0.1, 0.15) is 18.1 Å². The van der Waals surface area contributed by atoms with E-state index in [0.29, 0.717) is 28.7 Å². The van der Waals surface area contributed by atoms with Crippen LogP contribution in [0.15, 0.2) is 41.4 Å². The smallest absolute Gasteiger partial charge is 0.180 e. The lowest BCUT2D eigenvalue weighted by molar-refractivity contribution is 0.266. The third kappa shape index (κ3) is 3.84. The monoisotopic (exact) mass is 365 g/mol. The predicted octanol–water partition coefficient (Wildman–Crippen LogP) is 4.95. The molecule has 126 valence electrons. The lowest BCUT2D eigenvalue weighted by Gasteiger charge is -2.15. The van der Waals surface area contributed by atoms with E-state index in [1.165, 1.54) is 6.07 Å². The van der Waals surface area contributed by atoms with Gasteiger partial charge in [0, 0.05) is 23.4 Å². The van der Waals surface area contributed by atoms with Crippen molar-refractivity contribution in [3.8, 4) is 11.5 Å². The molecule has 3 rings (SSSR count). The first-order valence-electron chi connectivity index (χ1n) is 7.69. The third-order valence-electron chi connectivity index (χ3n) is 3.47. The van der Waals surface area contributed by atoms with Gasteiger partial charge in [-0.15, -0.1) is 11.8 Å². The Labute approximate surface area is 149 Å². The second-order valence-electron chi connectivity index (χ2n) is 5.13. The minimum Gasteiger partial charge on any atom is -0.490 e. The van der Waals surface area contributed by atoms with Crippen molar-refractivity contribution in [1.29, 1.82) is 0 Å². The molecule has 2 aromatic carbocycles. The first-order chi connectivity index (χ1) is 11.7. The van der Waals surface area contributed by atoms with Gasteiger partial charge in [0.05, 0.1) is 16.7 Å². The zero-order chi connectivity index (χ0) is 16.9. The van der Waals surface area contributed by atoms with Gasteiger partial charge < -0.3 is 9.47 Å². The van der Waals surface area contributed by atoms with Crippen LogP contribution in [0.3, 0.4) is 0 Å². The van der Waals surface area contributed by atoms with Crippen LogP contribution in [-0.4, -0.2) is 23.9 Å². The quantitative estimate of drug-likeness (QED) is 0.725. The van der Waals surface area contributed by atoms with Gasteiger partial charge in [0.1, 0.15) is 12.4 Å². The lowest BCUT2D eigenvalue weighted by atomic mass is 10.2. The summed E-state index contributed by atoms with van der Waals surface area (Å²) >= 11 is 8.09. The SMILES string of the molecule is CCOc1cc(C2=NCCS2)cc(Cl)c1OCc1ccccc1F. The zero-order valence-corrected chi connectivity index (χ0v) is 14.8. The first kappa shape index (κ1) is 17.1. The van der Waals surface area contributed by atoms with Crippen LogP contribution < -0.4 is 9.47 Å². The molecule has 0 bridgehead atoms. The summed E-state index contributed by atoms with van der Waals surface area (Å²) in [4.78, 5) is 4.46. The fourth-order valence-electron chi connectivity index (χ4n) is 2.37. The highest BCUT2D eigenvalue weighted by Crippen LogP contribution is 2.38. The molecule has 2 aromatic rings. The molecule has 0 aliphatic carbocycles. The number of benzene rings is 2. The molecule has 0 fully saturated rings. The Balaban J connectivity index is 1.87. The molecule has 1 aliphatic heterocycles. The summed E-state index contributed by atoms with van der Waals surface area (Å²) in [6.07, 6.45) is 0. The summed E-state index contributed by atoms with van der Waals surface area (Å²) in [5.74, 6) is 1.64. The second kappa shape index (κ2) is 7.90. The number of aliphatic imine (C=N–C) groups is 1. The van der Waals surface area contributed by atoms with Gasteiger partial charge in [0.2, 0.25) is 0 Å². The van der Waals surface area contributed by atoms with Gasteiger partial charge in [0.25, 0.3) is 0 Å². The molecule has 0 saturated carbocycles. The molecule has 24 heavy (non-hydrogen) atoms. The van der Waals surface area contributed by atoms with Crippen molar-refractivity contribution in [1.82, 2.24) is 0 Å². The van der Waals surface area contributed by atoms with Gasteiger partial charge in [-0.1, -0.05) is 29.8 Å². The summed E-state index contributed by atoms with van der Waals surface area (Å²) in [6, 6.07) is 10.2. The Morgan fingerprint density at radius 1 is 1.25 bits per heavy atom. The zero-order valence-electron chi connectivity index (χ0n) is 13.2. The van der Waals surface area contributed by atoms with E-state index < -0.39 is 0 Å². The van der Waals surface area contributed by atoms with Crippen LogP contribution in [-0.2, 0) is 6.61 Å². The number of halogens is 2. The number of thioether (sulfide) groups is 1. The predicted molar refractivity (Wildman–Crippen MR) is 97.2 cm³/mol. The summed E-state index contributed by atoms with van der Waals surface area (Å²) in [5.41, 5.74) is 1.39. The van der Waals surface area contributed by atoms with Crippen molar-refractivity contribution in [2.24, 2.45) is 4.99 Å². The van der Waals surface area contributed by atoms with Gasteiger partial charge in [-0.2, -0.15) is 0 Å². The van der Waals surface area contributed by atoms with Crippen molar-refractivity contribution in [2.45, 2.75) is 13.5 Å². The number of hydrogen-bond donors (Lipinski definition) is 0. The van der Waals surface area contributed by atoms with Gasteiger partial charge in [-0.25, -0.2) is 4.39 Å². The van der Waals surface area contributed by atoms with E-state index in [1.807, 2.05) is 19.1 Å². The number of hydrogen-bond acceptors (Lipinski definition) is 4. The van der Waals surface area contributed by atoms with Crippen molar-refractivity contribution in [2.75, 3.05) is 18.9 Å². The molecule has 0 spiro atoms. The maximum atomic E-state index is 13.7. The Kier molecular flexibility index (Phi) is 5.63. The highest BCUT2D eigenvalue weighted by molar-refractivity contribution is 8.14. The fourth-order valence-corrected chi connectivity index (χ4v) is 3.48. The van der Waals surface area contributed by atoms with Crippen LogP contribution in [0.5, 0.6) is 11.5 Å². The van der Waals surface area contributed by atoms with Crippen LogP contribution in [0.25, 0.3) is 0 Å². The lowest BCUT2D eigenvalue weighted by Crippen LogP contribution is -2.03. The molecular weight excluding hydrogens is 349 g/mol. The van der Waals surface area contributed by atoms with Crippen LogP contribution in [0.2, 0.25) is 5.02 Å². The van der Waals surface area contributed by atoms with Gasteiger partial charge in [0.15, 0.2) is 11.5 Å². The van der Waals surface area contributed by atoms with Gasteiger partial charge >= 0.3 is 0 Å². The highest BCUT2D eigenvalue weighted by atomic mass is 35.5. The molecule has 1 aliphatic rings.